The molecule has 2 aromatic rings. The predicted molar refractivity (Wildman–Crippen MR) is 66.9 cm³/mol. The Kier molecular flexibility index (Phi) is 2.53. The van der Waals surface area contributed by atoms with Crippen LogP contribution < -0.4 is 0 Å². The van der Waals surface area contributed by atoms with E-state index in [1.807, 2.05) is 18.3 Å². The molecule has 0 unspecified atom stereocenters. The number of nitro groups is 1. The number of hydrogen-bond acceptors (Lipinski definition) is 4. The van der Waals surface area contributed by atoms with Crippen LogP contribution in [-0.4, -0.2) is 14.7 Å². The monoisotopic (exact) mass is 254 g/mol. The third kappa shape index (κ3) is 2.06. The SMILES string of the molecule is N#Cc1cc(-n2ccc(C3CC3)n2)ccc1[N+](=O)[O-]. The zero-order valence-electron chi connectivity index (χ0n) is 9.98. The lowest BCUT2D eigenvalue weighted by molar-refractivity contribution is -0.385. The first-order chi connectivity index (χ1) is 9.19. The molecule has 0 aliphatic heterocycles. The summed E-state index contributed by atoms with van der Waals surface area (Å²) in [5, 5.41) is 24.1. The molecule has 1 fully saturated rings. The van der Waals surface area contributed by atoms with Crippen molar-refractivity contribution in [3.63, 3.8) is 0 Å². The molecule has 0 spiro atoms. The molecule has 1 aliphatic rings. The highest BCUT2D eigenvalue weighted by atomic mass is 16.6. The molecule has 19 heavy (non-hydrogen) atoms. The van der Waals surface area contributed by atoms with Crippen LogP contribution in [0.1, 0.15) is 30.0 Å². The molecule has 6 nitrogen and oxygen atoms in total. The molecule has 94 valence electrons. The van der Waals surface area contributed by atoms with Crippen molar-refractivity contribution in [3.8, 4) is 11.8 Å². The van der Waals surface area contributed by atoms with Gasteiger partial charge in [0.25, 0.3) is 5.69 Å². The Hall–Kier alpha value is -2.68. The quantitative estimate of drug-likeness (QED) is 0.622. The number of rotatable bonds is 3. The number of nitriles is 1. The van der Waals surface area contributed by atoms with E-state index in [1.165, 1.54) is 25.0 Å². The third-order valence-electron chi connectivity index (χ3n) is 3.17. The lowest BCUT2D eigenvalue weighted by Gasteiger charge is -2.02. The first kappa shape index (κ1) is 11.4. The highest BCUT2D eigenvalue weighted by Crippen LogP contribution is 2.39. The Labute approximate surface area is 109 Å². The van der Waals surface area contributed by atoms with Crippen LogP contribution in [0.3, 0.4) is 0 Å². The summed E-state index contributed by atoms with van der Waals surface area (Å²) in [7, 11) is 0. The fraction of sp³-hybridized carbons (Fsp3) is 0.231. The van der Waals surface area contributed by atoms with Crippen LogP contribution in [0.25, 0.3) is 5.69 Å². The van der Waals surface area contributed by atoms with E-state index in [9.17, 15) is 10.1 Å². The van der Waals surface area contributed by atoms with E-state index >= 15 is 0 Å². The molecule has 1 aromatic heterocycles. The van der Waals surface area contributed by atoms with Crippen LogP contribution in [0, 0.1) is 21.4 Å². The van der Waals surface area contributed by atoms with Crippen LogP contribution >= 0.6 is 0 Å². The maximum Gasteiger partial charge on any atom is 0.287 e. The number of benzene rings is 1. The summed E-state index contributed by atoms with van der Waals surface area (Å²) in [6, 6.07) is 8.22. The Bertz CT molecular complexity index is 695. The summed E-state index contributed by atoms with van der Waals surface area (Å²) in [4.78, 5) is 10.2. The lowest BCUT2D eigenvalue weighted by atomic mass is 10.2. The van der Waals surface area contributed by atoms with Gasteiger partial charge in [-0.2, -0.15) is 10.4 Å². The molecule has 0 N–H and O–H groups in total. The van der Waals surface area contributed by atoms with Gasteiger partial charge in [0, 0.05) is 18.2 Å². The topological polar surface area (TPSA) is 84.8 Å². The summed E-state index contributed by atoms with van der Waals surface area (Å²) in [6.07, 6.45) is 4.15. The van der Waals surface area contributed by atoms with E-state index in [1.54, 1.807) is 10.7 Å². The molecule has 6 heteroatoms. The smallest absolute Gasteiger partial charge is 0.258 e. The highest BCUT2D eigenvalue weighted by Gasteiger charge is 2.26. The molecule has 0 amide bonds. The average molecular weight is 254 g/mol. The Morgan fingerprint density at radius 3 is 2.84 bits per heavy atom. The van der Waals surface area contributed by atoms with E-state index in [2.05, 4.69) is 5.10 Å². The summed E-state index contributed by atoms with van der Waals surface area (Å²) in [6.45, 7) is 0. The van der Waals surface area contributed by atoms with Gasteiger partial charge in [-0.15, -0.1) is 0 Å². The minimum absolute atomic E-state index is 0.0472. The fourth-order valence-corrected chi connectivity index (χ4v) is 1.99. The second kappa shape index (κ2) is 4.21. The summed E-state index contributed by atoms with van der Waals surface area (Å²) in [5.41, 5.74) is 1.57. The largest absolute Gasteiger partial charge is 0.287 e. The standard InChI is InChI=1S/C13H10N4O2/c14-8-10-7-11(3-4-13(10)17(18)19)16-6-5-12(15-16)9-1-2-9/h3-7,9H,1-2H2. The van der Waals surface area contributed by atoms with E-state index in [0.29, 0.717) is 11.6 Å². The van der Waals surface area contributed by atoms with Gasteiger partial charge in [0.15, 0.2) is 0 Å². The van der Waals surface area contributed by atoms with E-state index in [4.69, 9.17) is 5.26 Å². The van der Waals surface area contributed by atoms with Crippen molar-refractivity contribution in [2.45, 2.75) is 18.8 Å². The van der Waals surface area contributed by atoms with Gasteiger partial charge in [-0.3, -0.25) is 10.1 Å². The Morgan fingerprint density at radius 1 is 1.42 bits per heavy atom. The molecular formula is C13H10N4O2. The molecule has 1 heterocycles. The van der Waals surface area contributed by atoms with Crippen molar-refractivity contribution in [2.75, 3.05) is 0 Å². The number of hydrogen-bond donors (Lipinski definition) is 0. The number of aromatic nitrogens is 2. The van der Waals surface area contributed by atoms with Crippen molar-refractivity contribution in [1.82, 2.24) is 9.78 Å². The van der Waals surface area contributed by atoms with Crippen LogP contribution in [0.15, 0.2) is 30.5 Å². The van der Waals surface area contributed by atoms with Gasteiger partial charge >= 0.3 is 0 Å². The van der Waals surface area contributed by atoms with Crippen LogP contribution in [0.4, 0.5) is 5.69 Å². The van der Waals surface area contributed by atoms with Gasteiger partial charge in [0.1, 0.15) is 11.6 Å². The van der Waals surface area contributed by atoms with Gasteiger partial charge in [-0.25, -0.2) is 4.68 Å². The fourth-order valence-electron chi connectivity index (χ4n) is 1.99. The predicted octanol–water partition coefficient (Wildman–Crippen LogP) is 2.53. The maximum absolute atomic E-state index is 10.8. The van der Waals surface area contributed by atoms with Crippen LogP contribution in [-0.2, 0) is 0 Å². The van der Waals surface area contributed by atoms with Gasteiger partial charge in [-0.1, -0.05) is 0 Å². The number of nitrogens with zero attached hydrogens (tertiary/aromatic N) is 4. The van der Waals surface area contributed by atoms with Crippen molar-refractivity contribution >= 4 is 5.69 Å². The van der Waals surface area contributed by atoms with Crippen LogP contribution in [0.5, 0.6) is 0 Å². The van der Waals surface area contributed by atoms with E-state index in [0.717, 1.165) is 5.69 Å². The van der Waals surface area contributed by atoms with Gasteiger partial charge < -0.3 is 0 Å². The van der Waals surface area contributed by atoms with E-state index < -0.39 is 4.92 Å². The average Bonchev–Trinajstić information content (AvgIpc) is 3.15. The summed E-state index contributed by atoms with van der Waals surface area (Å²) in [5.74, 6) is 0.551. The van der Waals surface area contributed by atoms with E-state index in [-0.39, 0.29) is 11.3 Å². The molecule has 3 rings (SSSR count). The molecular weight excluding hydrogens is 244 g/mol. The molecule has 1 aromatic carbocycles. The van der Waals surface area contributed by atoms with Gasteiger partial charge in [-0.05, 0) is 31.0 Å². The van der Waals surface area contributed by atoms with Crippen molar-refractivity contribution in [3.05, 3.63) is 51.8 Å². The van der Waals surface area contributed by atoms with Crippen molar-refractivity contribution in [1.29, 1.82) is 5.26 Å². The van der Waals surface area contributed by atoms with Gasteiger partial charge in [0.2, 0.25) is 0 Å². The number of nitro benzene ring substituents is 1. The highest BCUT2D eigenvalue weighted by molar-refractivity contribution is 5.54. The Balaban J connectivity index is 2.00. The van der Waals surface area contributed by atoms with Crippen molar-refractivity contribution < 1.29 is 4.92 Å². The maximum atomic E-state index is 10.8. The second-order valence-corrected chi connectivity index (χ2v) is 4.53. The minimum atomic E-state index is -0.555. The second-order valence-electron chi connectivity index (χ2n) is 4.53. The Morgan fingerprint density at radius 2 is 2.21 bits per heavy atom. The molecule has 0 saturated heterocycles. The van der Waals surface area contributed by atoms with Crippen molar-refractivity contribution in [2.24, 2.45) is 0 Å². The zero-order chi connectivity index (χ0) is 13.4. The summed E-state index contributed by atoms with van der Waals surface area (Å²) >= 11 is 0. The molecule has 0 atom stereocenters. The zero-order valence-corrected chi connectivity index (χ0v) is 9.98. The first-order valence-electron chi connectivity index (χ1n) is 5.93. The lowest BCUT2D eigenvalue weighted by Crippen LogP contribution is -1.99. The summed E-state index contributed by atoms with van der Waals surface area (Å²) < 4.78 is 1.65. The molecule has 0 radical (unpaired) electrons. The molecule has 0 bridgehead atoms. The normalized spacial score (nSPS) is 14.1. The minimum Gasteiger partial charge on any atom is -0.258 e. The first-order valence-corrected chi connectivity index (χ1v) is 5.93. The molecule has 1 aliphatic carbocycles. The molecule has 1 saturated carbocycles. The van der Waals surface area contributed by atoms with Gasteiger partial charge in [0.05, 0.1) is 16.3 Å². The van der Waals surface area contributed by atoms with Crippen LogP contribution in [0.2, 0.25) is 0 Å². The third-order valence-corrected chi connectivity index (χ3v) is 3.17.